The summed E-state index contributed by atoms with van der Waals surface area (Å²) in [5.41, 5.74) is 1.09. The van der Waals surface area contributed by atoms with Gasteiger partial charge in [0.15, 0.2) is 0 Å². The Morgan fingerprint density at radius 2 is 1.74 bits per heavy atom. The van der Waals surface area contributed by atoms with E-state index in [9.17, 15) is 9.59 Å². The van der Waals surface area contributed by atoms with E-state index in [0.717, 1.165) is 18.1 Å². The number of carbonyl (C=O) groups excluding carboxylic acids is 2. The van der Waals surface area contributed by atoms with Crippen LogP contribution in [0.2, 0.25) is 36.6 Å². The molecule has 0 saturated carbocycles. The Labute approximate surface area is 197 Å². The second kappa shape index (κ2) is 12.3. The van der Waals surface area contributed by atoms with E-state index in [2.05, 4.69) is 64.7 Å². The molecule has 0 aliphatic carbocycles. The number of benzene rings is 1. The van der Waals surface area contributed by atoms with E-state index in [4.69, 9.17) is 9.47 Å². The van der Waals surface area contributed by atoms with E-state index in [0.29, 0.717) is 24.8 Å². The Morgan fingerprint density at radius 1 is 1.13 bits per heavy atom. The summed E-state index contributed by atoms with van der Waals surface area (Å²) in [6.45, 7) is 15.0. The second-order valence-corrected chi connectivity index (χ2v) is 17.6. The van der Waals surface area contributed by atoms with Gasteiger partial charge in [0.2, 0.25) is 0 Å². The summed E-state index contributed by atoms with van der Waals surface area (Å²) in [6.07, 6.45) is 2.68. The molecule has 0 bridgehead atoms. The van der Waals surface area contributed by atoms with Crippen molar-refractivity contribution in [2.24, 2.45) is 5.41 Å². The quantitative estimate of drug-likeness (QED) is 0.263. The molecule has 0 aromatic heterocycles. The fraction of sp³-hybridized carbons (Fsp3) is 0.667. The minimum atomic E-state index is -1.50. The van der Waals surface area contributed by atoms with Crippen molar-refractivity contribution >= 4 is 27.3 Å². The summed E-state index contributed by atoms with van der Waals surface area (Å²) >= 11 is 1.27. The van der Waals surface area contributed by atoms with E-state index >= 15 is 0 Å². The Kier molecular flexibility index (Phi) is 11.1. The Hall–Kier alpha value is -1.05. The maximum absolute atomic E-state index is 13.2. The molecule has 1 rings (SSSR count). The van der Waals surface area contributed by atoms with Crippen LogP contribution < -0.4 is 0 Å². The van der Waals surface area contributed by atoms with Crippen molar-refractivity contribution in [3.05, 3.63) is 35.9 Å². The molecule has 1 aromatic rings. The Bertz CT molecular complexity index is 705. The third-order valence-corrected chi connectivity index (χ3v) is 8.63. The number of esters is 2. The van der Waals surface area contributed by atoms with Crippen LogP contribution in [0, 0.1) is 5.41 Å². The zero-order valence-electron chi connectivity index (χ0n) is 20.7. The monoisotopic (exact) mass is 491 g/mol. The summed E-state index contributed by atoms with van der Waals surface area (Å²) in [5.74, 6) is -0.306. The molecule has 0 radical (unpaired) electrons. The molecule has 0 amide bonds. The van der Waals surface area contributed by atoms with Crippen LogP contribution in [-0.2, 0) is 33.8 Å². The minimum absolute atomic E-state index is 0.0988. The van der Waals surface area contributed by atoms with Gasteiger partial charge < -0.3 is 0 Å². The summed E-state index contributed by atoms with van der Waals surface area (Å²) < 4.78 is 10.7. The predicted octanol–water partition coefficient (Wildman–Crippen LogP) is 5.68. The first-order valence-corrected chi connectivity index (χ1v) is 16.2. The van der Waals surface area contributed by atoms with Gasteiger partial charge in [-0.3, -0.25) is 0 Å². The molecular formula is C24H41BCoO4Si. The second-order valence-electron chi connectivity index (χ2n) is 10.6. The Morgan fingerprint density at radius 3 is 2.26 bits per heavy atom. The van der Waals surface area contributed by atoms with Crippen LogP contribution in [0.4, 0.5) is 0 Å². The van der Waals surface area contributed by atoms with Crippen molar-refractivity contribution in [3.8, 4) is 0 Å². The normalized spacial score (nSPS) is 15.1. The summed E-state index contributed by atoms with van der Waals surface area (Å²) in [7, 11) is 0.617. The molecular weight excluding hydrogens is 450 g/mol. The predicted molar refractivity (Wildman–Crippen MR) is 129 cm³/mol. The van der Waals surface area contributed by atoms with Crippen molar-refractivity contribution in [2.75, 3.05) is 13.3 Å². The van der Waals surface area contributed by atoms with E-state index in [1.54, 1.807) is 0 Å². The van der Waals surface area contributed by atoms with Crippen LogP contribution in [0.5, 0.6) is 0 Å². The molecule has 1 aromatic carbocycles. The average Bonchev–Trinajstić information content (AvgIpc) is 2.71. The SMILES string of the molecule is CC[CH]([Co][CH2]C(C)(BCC(C)(C)CC(=O)OC)C(=O)OC[Si](C)(C)C)c1ccccc1. The van der Waals surface area contributed by atoms with Gasteiger partial charge in [0, 0.05) is 0 Å². The standard InChI is InChI=1S/C15H30BO4Si.C9H11.Co/c1-14(2,9-12(17)19-5)10-16-15(3,4)13(18)20-11-21(6,7)8;1-2-6-9-7-4-3-5-8-9;/h16H,3,9-11H2,1-2,4-8H3;3-8H,2H2,1H3;. The van der Waals surface area contributed by atoms with Crippen LogP contribution in [0.3, 0.4) is 0 Å². The van der Waals surface area contributed by atoms with E-state index in [1.807, 2.05) is 13.0 Å². The van der Waals surface area contributed by atoms with Gasteiger partial charge in [0.25, 0.3) is 0 Å². The first kappa shape index (κ1) is 28.0. The first-order chi connectivity index (χ1) is 14.3. The molecule has 2 atom stereocenters. The molecule has 0 aliphatic rings. The van der Waals surface area contributed by atoms with Crippen LogP contribution in [0.15, 0.2) is 30.3 Å². The number of ether oxygens (including phenoxy) is 2. The molecule has 177 valence electrons. The number of methoxy groups -OCH3 is 1. The molecule has 4 nitrogen and oxygen atoms in total. The molecule has 0 N–H and O–H groups in total. The molecule has 0 spiro atoms. The third kappa shape index (κ3) is 10.4. The number of hydrogen-bond donors (Lipinski definition) is 0. The van der Waals surface area contributed by atoms with Gasteiger partial charge in [0.05, 0.1) is 0 Å². The van der Waals surface area contributed by atoms with Gasteiger partial charge in [0.1, 0.15) is 0 Å². The van der Waals surface area contributed by atoms with E-state index < -0.39 is 13.4 Å². The average molecular weight is 491 g/mol. The van der Waals surface area contributed by atoms with Crippen molar-refractivity contribution in [3.63, 3.8) is 0 Å². The van der Waals surface area contributed by atoms with Crippen LogP contribution in [-0.4, -0.2) is 40.6 Å². The zero-order valence-corrected chi connectivity index (χ0v) is 22.7. The van der Waals surface area contributed by atoms with Gasteiger partial charge in [-0.15, -0.1) is 0 Å². The van der Waals surface area contributed by atoms with Crippen LogP contribution in [0.1, 0.15) is 51.0 Å². The molecule has 0 fully saturated rings. The molecule has 0 aliphatic heterocycles. The van der Waals surface area contributed by atoms with E-state index in [-0.39, 0.29) is 17.4 Å². The molecule has 0 saturated heterocycles. The third-order valence-electron chi connectivity index (χ3n) is 5.31. The fourth-order valence-corrected chi connectivity index (χ4v) is 5.50. The van der Waals surface area contributed by atoms with Gasteiger partial charge in [-0.1, -0.05) is 0 Å². The van der Waals surface area contributed by atoms with Crippen molar-refractivity contribution in [1.29, 1.82) is 0 Å². The fourth-order valence-electron chi connectivity index (χ4n) is 3.13. The van der Waals surface area contributed by atoms with Crippen molar-refractivity contribution < 1.29 is 33.8 Å². The van der Waals surface area contributed by atoms with Crippen LogP contribution >= 0.6 is 0 Å². The Balaban J connectivity index is 2.95. The summed E-state index contributed by atoms with van der Waals surface area (Å²) in [5, 5.41) is 0.172. The van der Waals surface area contributed by atoms with Gasteiger partial charge >= 0.3 is 198 Å². The molecule has 2 unspecified atom stereocenters. The van der Waals surface area contributed by atoms with E-state index in [1.165, 1.54) is 27.4 Å². The summed E-state index contributed by atoms with van der Waals surface area (Å²) in [6, 6.07) is 10.5. The number of carbonyl (C=O) groups is 2. The number of hydrogen-bond acceptors (Lipinski definition) is 4. The molecule has 0 heterocycles. The molecule has 7 heteroatoms. The van der Waals surface area contributed by atoms with Gasteiger partial charge in [-0.25, -0.2) is 0 Å². The first-order valence-electron chi connectivity index (χ1n) is 11.1. The van der Waals surface area contributed by atoms with Crippen LogP contribution in [0.25, 0.3) is 0 Å². The van der Waals surface area contributed by atoms with Gasteiger partial charge in [-0.2, -0.15) is 0 Å². The van der Waals surface area contributed by atoms with Crippen molar-refractivity contribution in [1.82, 2.24) is 0 Å². The number of rotatable bonds is 13. The van der Waals surface area contributed by atoms with Gasteiger partial charge in [-0.05, 0) is 0 Å². The summed E-state index contributed by atoms with van der Waals surface area (Å²) in [4.78, 5) is 25.4. The zero-order chi connectivity index (χ0) is 23.7. The molecule has 31 heavy (non-hydrogen) atoms. The maximum atomic E-state index is 13.2. The topological polar surface area (TPSA) is 52.6 Å². The van der Waals surface area contributed by atoms with Crippen molar-refractivity contribution in [2.45, 2.75) is 82.0 Å².